The van der Waals surface area contributed by atoms with Crippen LogP contribution >= 0.6 is 0 Å². The van der Waals surface area contributed by atoms with Crippen molar-refractivity contribution in [2.75, 3.05) is 0 Å². The van der Waals surface area contributed by atoms with Gasteiger partial charge in [0.05, 0.1) is 13.2 Å². The lowest BCUT2D eigenvalue weighted by atomic mass is 9.94. The van der Waals surface area contributed by atoms with Gasteiger partial charge in [0.2, 0.25) is 5.91 Å². The van der Waals surface area contributed by atoms with E-state index in [9.17, 15) is 4.79 Å². The number of carbonyl (C=O) groups is 1. The highest BCUT2D eigenvalue weighted by atomic mass is 16.5. The van der Waals surface area contributed by atoms with Gasteiger partial charge in [-0.25, -0.2) is 4.98 Å². The summed E-state index contributed by atoms with van der Waals surface area (Å²) in [6, 6.07) is 6.79. The zero-order valence-corrected chi connectivity index (χ0v) is 14.7. The molecule has 6 nitrogen and oxygen atoms in total. The van der Waals surface area contributed by atoms with Crippen LogP contribution in [0.4, 0.5) is 0 Å². The Morgan fingerprint density at radius 1 is 1.36 bits per heavy atom. The highest BCUT2D eigenvalue weighted by Crippen LogP contribution is 2.28. The number of aromatic nitrogens is 2. The molecule has 6 heteroatoms. The van der Waals surface area contributed by atoms with Crippen molar-refractivity contribution < 1.29 is 9.53 Å². The fourth-order valence-corrected chi connectivity index (χ4v) is 3.78. The quantitative estimate of drug-likeness (QED) is 0.895. The summed E-state index contributed by atoms with van der Waals surface area (Å²) < 4.78 is 7.49. The molecule has 2 aliphatic heterocycles. The monoisotopic (exact) mass is 340 g/mol. The predicted molar refractivity (Wildman–Crippen MR) is 93.6 cm³/mol. The summed E-state index contributed by atoms with van der Waals surface area (Å²) in [6.45, 7) is 3.59. The Hall–Kier alpha value is -2.18. The summed E-state index contributed by atoms with van der Waals surface area (Å²) in [7, 11) is 1.96. The van der Waals surface area contributed by atoms with Crippen LogP contribution in [0.5, 0.6) is 0 Å². The van der Waals surface area contributed by atoms with Gasteiger partial charge in [-0.2, -0.15) is 0 Å². The normalized spacial score (nSPS) is 24.0. The van der Waals surface area contributed by atoms with Crippen molar-refractivity contribution in [3.63, 3.8) is 0 Å². The van der Waals surface area contributed by atoms with Crippen LogP contribution in [-0.4, -0.2) is 21.5 Å². The van der Waals surface area contributed by atoms with Crippen molar-refractivity contribution in [1.29, 1.82) is 0 Å². The van der Waals surface area contributed by atoms with Gasteiger partial charge >= 0.3 is 0 Å². The number of amides is 1. The van der Waals surface area contributed by atoms with Crippen molar-refractivity contribution in [2.24, 2.45) is 7.05 Å². The van der Waals surface area contributed by atoms with E-state index < -0.39 is 0 Å². The zero-order chi connectivity index (χ0) is 17.4. The Kier molecular flexibility index (Phi) is 4.31. The average molecular weight is 340 g/mol. The molecule has 25 heavy (non-hydrogen) atoms. The molecule has 1 unspecified atom stereocenters. The van der Waals surface area contributed by atoms with Gasteiger partial charge in [0.25, 0.3) is 0 Å². The van der Waals surface area contributed by atoms with Crippen LogP contribution in [-0.2, 0) is 29.8 Å². The number of imidazole rings is 1. The number of carbonyl (C=O) groups excluding carboxylic acids is 1. The fourth-order valence-electron chi connectivity index (χ4n) is 3.78. The highest BCUT2D eigenvalue weighted by molar-refractivity contribution is 5.77. The molecule has 0 aliphatic carbocycles. The summed E-state index contributed by atoms with van der Waals surface area (Å²) >= 11 is 0. The number of hydrogen-bond acceptors (Lipinski definition) is 4. The SMILES string of the molecule is CC(N[C@@H]1CCC(=O)N[C@H]1c1nccn1C)c1ccc2c(c1)COC2. The molecule has 2 aliphatic rings. The number of hydrogen-bond donors (Lipinski definition) is 2. The first kappa shape index (κ1) is 16.3. The third kappa shape index (κ3) is 3.19. The summed E-state index contributed by atoms with van der Waals surface area (Å²) in [5, 5.41) is 6.81. The van der Waals surface area contributed by atoms with Gasteiger partial charge in [-0.1, -0.05) is 18.2 Å². The molecule has 0 radical (unpaired) electrons. The number of benzene rings is 1. The maximum atomic E-state index is 11.9. The smallest absolute Gasteiger partial charge is 0.220 e. The van der Waals surface area contributed by atoms with E-state index in [0.717, 1.165) is 12.2 Å². The van der Waals surface area contributed by atoms with Crippen LogP contribution in [0.15, 0.2) is 30.6 Å². The average Bonchev–Trinajstić information content (AvgIpc) is 3.24. The lowest BCUT2D eigenvalue weighted by Crippen LogP contribution is -2.49. The summed E-state index contributed by atoms with van der Waals surface area (Å²) in [5.74, 6) is 0.980. The van der Waals surface area contributed by atoms with Gasteiger partial charge in [-0.15, -0.1) is 0 Å². The van der Waals surface area contributed by atoms with Gasteiger partial charge < -0.3 is 19.9 Å². The molecule has 0 bridgehead atoms. The van der Waals surface area contributed by atoms with E-state index in [1.165, 1.54) is 16.7 Å². The van der Waals surface area contributed by atoms with Crippen molar-refractivity contribution >= 4 is 5.91 Å². The molecule has 1 fully saturated rings. The number of rotatable bonds is 4. The molecule has 0 spiro atoms. The van der Waals surface area contributed by atoms with E-state index in [1.807, 2.05) is 17.8 Å². The van der Waals surface area contributed by atoms with E-state index in [0.29, 0.717) is 19.6 Å². The maximum absolute atomic E-state index is 11.9. The van der Waals surface area contributed by atoms with Gasteiger partial charge in [-0.3, -0.25) is 4.79 Å². The van der Waals surface area contributed by atoms with Gasteiger partial charge in [0.15, 0.2) is 0 Å². The Morgan fingerprint density at radius 3 is 3.00 bits per heavy atom. The molecular formula is C19H24N4O2. The molecule has 4 rings (SSSR count). The fraction of sp³-hybridized carbons (Fsp3) is 0.474. The van der Waals surface area contributed by atoms with Crippen LogP contribution in [0.25, 0.3) is 0 Å². The van der Waals surface area contributed by atoms with Gasteiger partial charge in [0.1, 0.15) is 11.9 Å². The van der Waals surface area contributed by atoms with Gasteiger partial charge in [0, 0.05) is 37.9 Å². The Labute approximate surface area is 147 Å². The van der Waals surface area contributed by atoms with Crippen LogP contribution in [0.2, 0.25) is 0 Å². The lowest BCUT2D eigenvalue weighted by Gasteiger charge is -2.34. The minimum atomic E-state index is -0.110. The van der Waals surface area contributed by atoms with Crippen LogP contribution < -0.4 is 10.6 Å². The first-order valence-electron chi connectivity index (χ1n) is 8.84. The first-order valence-corrected chi connectivity index (χ1v) is 8.84. The Morgan fingerprint density at radius 2 is 2.20 bits per heavy atom. The topological polar surface area (TPSA) is 68.2 Å². The molecular weight excluding hydrogens is 316 g/mol. The lowest BCUT2D eigenvalue weighted by molar-refractivity contribution is -0.124. The van der Waals surface area contributed by atoms with Crippen molar-refractivity contribution in [2.45, 2.75) is 51.1 Å². The third-order valence-electron chi connectivity index (χ3n) is 5.25. The summed E-state index contributed by atoms with van der Waals surface area (Å²) in [5.41, 5.74) is 3.82. The second-order valence-electron chi connectivity index (χ2n) is 7.00. The molecule has 132 valence electrons. The zero-order valence-electron chi connectivity index (χ0n) is 14.7. The maximum Gasteiger partial charge on any atom is 0.220 e. The minimum Gasteiger partial charge on any atom is -0.372 e. The second-order valence-corrected chi connectivity index (χ2v) is 7.00. The predicted octanol–water partition coefficient (Wildman–Crippen LogP) is 2.12. The molecule has 1 aromatic heterocycles. The number of nitrogens with zero attached hydrogens (tertiary/aromatic N) is 2. The number of nitrogens with one attached hydrogen (secondary N) is 2. The number of ether oxygens (including phenoxy) is 1. The van der Waals surface area contributed by atoms with E-state index in [1.54, 1.807) is 6.20 Å². The molecule has 3 heterocycles. The van der Waals surface area contributed by atoms with Crippen molar-refractivity contribution in [1.82, 2.24) is 20.2 Å². The Balaban J connectivity index is 1.53. The third-order valence-corrected chi connectivity index (χ3v) is 5.25. The van der Waals surface area contributed by atoms with Crippen molar-refractivity contribution in [3.05, 3.63) is 53.1 Å². The summed E-state index contributed by atoms with van der Waals surface area (Å²) in [4.78, 5) is 16.4. The molecule has 1 amide bonds. The Bertz CT molecular complexity index is 785. The van der Waals surface area contributed by atoms with Gasteiger partial charge in [-0.05, 0) is 30.0 Å². The highest BCUT2D eigenvalue weighted by Gasteiger charge is 2.33. The van der Waals surface area contributed by atoms with Crippen LogP contribution in [0.3, 0.4) is 0 Å². The second kappa shape index (κ2) is 6.61. The first-order chi connectivity index (χ1) is 12.1. The minimum absolute atomic E-state index is 0.0911. The van der Waals surface area contributed by atoms with E-state index in [-0.39, 0.29) is 24.0 Å². The van der Waals surface area contributed by atoms with Crippen LogP contribution in [0.1, 0.15) is 54.4 Å². The standard InChI is InChI=1S/C19H24N4O2/c1-12(13-3-4-14-10-25-11-15(14)9-13)21-16-5-6-17(24)22-18(16)19-20-7-8-23(19)2/h3-4,7-9,12,16,18,21H,5-6,10-11H2,1-2H3,(H,22,24)/t12?,16-,18-/m1/s1. The largest absolute Gasteiger partial charge is 0.372 e. The van der Waals surface area contributed by atoms with E-state index >= 15 is 0 Å². The molecule has 1 saturated heterocycles. The molecule has 3 atom stereocenters. The molecule has 1 aromatic carbocycles. The number of piperidine rings is 1. The molecule has 2 N–H and O–H groups in total. The summed E-state index contributed by atoms with van der Waals surface area (Å²) in [6.07, 6.45) is 5.04. The number of aryl methyl sites for hydroxylation is 1. The molecule has 0 saturated carbocycles. The van der Waals surface area contributed by atoms with E-state index in [2.05, 4.69) is 40.7 Å². The van der Waals surface area contributed by atoms with Crippen molar-refractivity contribution in [3.8, 4) is 0 Å². The number of fused-ring (bicyclic) bond motifs is 1. The molecule has 2 aromatic rings. The van der Waals surface area contributed by atoms with E-state index in [4.69, 9.17) is 4.74 Å². The van der Waals surface area contributed by atoms with Crippen LogP contribution in [0, 0.1) is 0 Å².